The zero-order valence-corrected chi connectivity index (χ0v) is 11.3. The van der Waals surface area contributed by atoms with Crippen LogP contribution in [-0.2, 0) is 0 Å². The maximum Gasteiger partial charge on any atom is 0.204 e. The van der Waals surface area contributed by atoms with Gasteiger partial charge in [-0.25, -0.2) is 0 Å². The number of benzene rings is 1. The van der Waals surface area contributed by atoms with Gasteiger partial charge in [0.05, 0.1) is 0 Å². The fourth-order valence-electron chi connectivity index (χ4n) is 1.88. The fraction of sp³-hybridized carbons (Fsp3) is 0.357. The van der Waals surface area contributed by atoms with Crippen molar-refractivity contribution >= 4 is 11.6 Å². The van der Waals surface area contributed by atoms with Crippen molar-refractivity contribution in [2.24, 2.45) is 4.99 Å². The highest BCUT2D eigenvalue weighted by Crippen LogP contribution is 2.18. The second-order valence-corrected chi connectivity index (χ2v) is 3.96. The van der Waals surface area contributed by atoms with Crippen molar-refractivity contribution in [3.63, 3.8) is 0 Å². The predicted molar refractivity (Wildman–Crippen MR) is 75.5 cm³/mol. The zero-order chi connectivity index (χ0) is 12.8. The predicted octanol–water partition coefficient (Wildman–Crippen LogP) is 2.88. The average Bonchev–Trinajstić information content (AvgIpc) is 2.30. The smallest absolute Gasteiger partial charge is 0.204 e. The second kappa shape index (κ2) is 6.09. The minimum Gasteiger partial charge on any atom is -0.322 e. The fourth-order valence-corrected chi connectivity index (χ4v) is 1.88. The number of rotatable bonds is 2. The normalized spacial score (nSPS) is 11.9. The molecule has 0 aliphatic carbocycles. The average molecular weight is 231 g/mol. The van der Waals surface area contributed by atoms with Crippen molar-refractivity contribution in [2.45, 2.75) is 13.8 Å². The van der Waals surface area contributed by atoms with Crippen LogP contribution < -0.4 is 4.90 Å². The number of anilines is 1. The Hall–Kier alpha value is -1.77. The molecule has 0 saturated carbocycles. The number of para-hydroxylation sites is 1. The van der Waals surface area contributed by atoms with Gasteiger partial charge in [0.1, 0.15) is 0 Å². The van der Waals surface area contributed by atoms with E-state index in [1.54, 1.807) is 0 Å². The van der Waals surface area contributed by atoms with Gasteiger partial charge < -0.3 is 9.80 Å². The van der Waals surface area contributed by atoms with Crippen LogP contribution in [0.25, 0.3) is 0 Å². The lowest BCUT2D eigenvalue weighted by Crippen LogP contribution is -2.37. The highest BCUT2D eigenvalue weighted by Gasteiger charge is 2.12. The summed E-state index contributed by atoms with van der Waals surface area (Å²) in [7, 11) is 5.84. The molecule has 0 fully saturated rings. The Morgan fingerprint density at radius 1 is 1.24 bits per heavy atom. The van der Waals surface area contributed by atoms with Crippen molar-refractivity contribution in [3.8, 4) is 0 Å². The molecule has 1 rings (SSSR count). The van der Waals surface area contributed by atoms with Crippen LogP contribution in [0.3, 0.4) is 0 Å². The first-order valence-electron chi connectivity index (χ1n) is 5.73. The number of nitrogens with zero attached hydrogens (tertiary/aromatic N) is 3. The molecular weight excluding hydrogens is 210 g/mol. The summed E-state index contributed by atoms with van der Waals surface area (Å²) in [5.41, 5.74) is 2.41. The summed E-state index contributed by atoms with van der Waals surface area (Å²) in [4.78, 5) is 8.44. The number of guanidine groups is 1. The van der Waals surface area contributed by atoms with E-state index in [0.717, 1.165) is 5.96 Å². The van der Waals surface area contributed by atoms with Crippen LogP contribution in [0.1, 0.15) is 12.5 Å². The van der Waals surface area contributed by atoms with Gasteiger partial charge in [-0.1, -0.05) is 24.3 Å². The third-order valence-electron chi connectivity index (χ3n) is 2.66. The lowest BCUT2D eigenvalue weighted by atomic mass is 10.2. The highest BCUT2D eigenvalue weighted by atomic mass is 15.3. The lowest BCUT2D eigenvalue weighted by molar-refractivity contribution is 0.667. The molecule has 0 radical (unpaired) electrons. The van der Waals surface area contributed by atoms with Gasteiger partial charge in [-0.3, -0.25) is 4.99 Å². The minimum atomic E-state index is 0.914. The standard InChI is InChI=1S/C14H21N3/c1-6-11-16(4)14(15-3)17(5)13-10-8-7-9-12(13)2/h6-11H,1-5H3/b11-6-,15-14?. The summed E-state index contributed by atoms with van der Waals surface area (Å²) in [6.45, 7) is 4.10. The van der Waals surface area contributed by atoms with Crippen LogP contribution >= 0.6 is 0 Å². The van der Waals surface area contributed by atoms with Crippen LogP contribution in [0.15, 0.2) is 41.5 Å². The van der Waals surface area contributed by atoms with Gasteiger partial charge in [0.15, 0.2) is 0 Å². The summed E-state index contributed by atoms with van der Waals surface area (Å²) >= 11 is 0. The summed E-state index contributed by atoms with van der Waals surface area (Å²) < 4.78 is 0. The van der Waals surface area contributed by atoms with Crippen molar-refractivity contribution in [1.82, 2.24) is 4.90 Å². The van der Waals surface area contributed by atoms with Crippen molar-refractivity contribution in [3.05, 3.63) is 42.1 Å². The molecular formula is C14H21N3. The summed E-state index contributed by atoms with van der Waals surface area (Å²) in [5.74, 6) is 0.914. The Balaban J connectivity index is 3.03. The number of hydrogen-bond acceptors (Lipinski definition) is 1. The maximum absolute atomic E-state index is 4.34. The number of allylic oxidation sites excluding steroid dienone is 1. The van der Waals surface area contributed by atoms with Gasteiger partial charge in [-0.05, 0) is 25.5 Å². The Morgan fingerprint density at radius 2 is 1.88 bits per heavy atom. The lowest BCUT2D eigenvalue weighted by Gasteiger charge is -2.27. The quantitative estimate of drug-likeness (QED) is 0.575. The molecule has 0 atom stereocenters. The number of hydrogen-bond donors (Lipinski definition) is 0. The van der Waals surface area contributed by atoms with Gasteiger partial charge >= 0.3 is 0 Å². The zero-order valence-electron chi connectivity index (χ0n) is 11.3. The van der Waals surface area contributed by atoms with Crippen molar-refractivity contribution < 1.29 is 0 Å². The number of aliphatic imine (C=N–C) groups is 1. The molecule has 0 amide bonds. The van der Waals surface area contributed by atoms with Crippen LogP contribution in [-0.4, -0.2) is 32.0 Å². The third-order valence-corrected chi connectivity index (χ3v) is 2.66. The Bertz CT molecular complexity index is 421. The summed E-state index contributed by atoms with van der Waals surface area (Å²) in [6, 6.07) is 8.30. The SMILES string of the molecule is C/C=C\N(C)C(=NC)N(C)c1ccccc1C. The molecule has 0 aromatic heterocycles. The van der Waals surface area contributed by atoms with E-state index in [1.165, 1.54) is 11.3 Å². The highest BCUT2D eigenvalue weighted by molar-refractivity contribution is 5.96. The van der Waals surface area contributed by atoms with E-state index >= 15 is 0 Å². The van der Waals surface area contributed by atoms with Crippen LogP contribution in [0.5, 0.6) is 0 Å². The molecule has 92 valence electrons. The van der Waals surface area contributed by atoms with Crippen molar-refractivity contribution in [2.75, 3.05) is 26.0 Å². The molecule has 0 heterocycles. The van der Waals surface area contributed by atoms with Gasteiger partial charge in [-0.15, -0.1) is 0 Å². The Kier molecular flexibility index (Phi) is 4.76. The topological polar surface area (TPSA) is 18.8 Å². The van der Waals surface area contributed by atoms with E-state index in [0.29, 0.717) is 0 Å². The van der Waals surface area contributed by atoms with Gasteiger partial charge in [0.25, 0.3) is 0 Å². The second-order valence-electron chi connectivity index (χ2n) is 3.96. The van der Waals surface area contributed by atoms with Crippen LogP contribution in [0.2, 0.25) is 0 Å². The molecule has 0 unspecified atom stereocenters. The van der Waals surface area contributed by atoms with Gasteiger partial charge in [0.2, 0.25) is 5.96 Å². The molecule has 3 heteroatoms. The maximum atomic E-state index is 4.34. The van der Waals surface area contributed by atoms with E-state index < -0.39 is 0 Å². The molecule has 0 spiro atoms. The monoisotopic (exact) mass is 231 g/mol. The summed E-state index contributed by atoms with van der Waals surface area (Å²) in [5, 5.41) is 0. The van der Waals surface area contributed by atoms with E-state index in [9.17, 15) is 0 Å². The molecule has 0 N–H and O–H groups in total. The van der Waals surface area contributed by atoms with Gasteiger partial charge in [0, 0.05) is 33.0 Å². The molecule has 0 saturated heterocycles. The van der Waals surface area contributed by atoms with E-state index in [-0.39, 0.29) is 0 Å². The van der Waals surface area contributed by atoms with Crippen LogP contribution in [0.4, 0.5) is 5.69 Å². The molecule has 1 aromatic carbocycles. The molecule has 3 nitrogen and oxygen atoms in total. The Morgan fingerprint density at radius 3 is 2.41 bits per heavy atom. The first-order valence-corrected chi connectivity index (χ1v) is 5.73. The first-order chi connectivity index (χ1) is 8.11. The molecule has 1 aromatic rings. The Labute approximate surface area is 104 Å². The minimum absolute atomic E-state index is 0.914. The first kappa shape index (κ1) is 13.3. The molecule has 0 aliphatic rings. The third kappa shape index (κ3) is 3.09. The molecule has 17 heavy (non-hydrogen) atoms. The van der Waals surface area contributed by atoms with E-state index in [1.807, 2.05) is 57.4 Å². The summed E-state index contributed by atoms with van der Waals surface area (Å²) in [6.07, 6.45) is 3.99. The van der Waals surface area contributed by atoms with E-state index in [2.05, 4.69) is 28.9 Å². The largest absolute Gasteiger partial charge is 0.322 e. The van der Waals surface area contributed by atoms with Gasteiger partial charge in [-0.2, -0.15) is 0 Å². The van der Waals surface area contributed by atoms with Crippen LogP contribution in [0, 0.1) is 6.92 Å². The number of aryl methyl sites for hydroxylation is 1. The molecule has 0 aliphatic heterocycles. The molecule has 0 bridgehead atoms. The van der Waals surface area contributed by atoms with Crippen molar-refractivity contribution in [1.29, 1.82) is 0 Å². The van der Waals surface area contributed by atoms with E-state index in [4.69, 9.17) is 0 Å².